The van der Waals surface area contributed by atoms with Gasteiger partial charge in [0.15, 0.2) is 11.5 Å². The highest BCUT2D eigenvalue weighted by molar-refractivity contribution is 5.92. The Morgan fingerprint density at radius 2 is 1.76 bits per heavy atom. The molecule has 0 aliphatic rings. The maximum atomic E-state index is 11.5. The van der Waals surface area contributed by atoms with E-state index in [2.05, 4.69) is 10.5 Å². The fourth-order valence-corrected chi connectivity index (χ4v) is 1.56. The van der Waals surface area contributed by atoms with Crippen molar-refractivity contribution in [1.29, 1.82) is 0 Å². The van der Waals surface area contributed by atoms with Crippen molar-refractivity contribution in [3.63, 3.8) is 0 Å². The first-order valence-electron chi connectivity index (χ1n) is 6.23. The lowest BCUT2D eigenvalue weighted by atomic mass is 10.2. The van der Waals surface area contributed by atoms with E-state index in [9.17, 15) is 9.90 Å². The van der Waals surface area contributed by atoms with Crippen LogP contribution in [0.25, 0.3) is 6.08 Å². The molecule has 0 saturated carbocycles. The highest BCUT2D eigenvalue weighted by Gasteiger charge is 1.98. The van der Waals surface area contributed by atoms with Gasteiger partial charge in [0.05, 0.1) is 6.21 Å². The smallest absolute Gasteiger partial charge is 0.264 e. The quantitative estimate of drug-likeness (QED) is 0.348. The number of benzene rings is 2. The van der Waals surface area contributed by atoms with E-state index in [4.69, 9.17) is 5.11 Å². The number of carbonyl (C=O) groups is 1. The number of hydrazone groups is 1. The number of nitrogens with zero attached hydrogens (tertiary/aromatic N) is 1. The SMILES string of the molecule is O=C(/C=C/c1ccccc1)N/N=C/c1ccc(O)c(O)c1. The molecule has 5 heteroatoms. The molecule has 0 aliphatic heterocycles. The van der Waals surface area contributed by atoms with Crippen LogP contribution in [0.3, 0.4) is 0 Å². The average Bonchev–Trinajstić information content (AvgIpc) is 2.50. The molecule has 5 nitrogen and oxygen atoms in total. The van der Waals surface area contributed by atoms with Crippen molar-refractivity contribution in [2.24, 2.45) is 5.10 Å². The van der Waals surface area contributed by atoms with Crippen molar-refractivity contribution in [1.82, 2.24) is 5.43 Å². The molecule has 0 atom stereocenters. The lowest BCUT2D eigenvalue weighted by molar-refractivity contribution is -0.116. The lowest BCUT2D eigenvalue weighted by Gasteiger charge is -1.98. The predicted molar refractivity (Wildman–Crippen MR) is 81.0 cm³/mol. The molecule has 0 aromatic heterocycles. The van der Waals surface area contributed by atoms with Crippen LogP contribution in [0.2, 0.25) is 0 Å². The number of phenols is 2. The average molecular weight is 282 g/mol. The van der Waals surface area contributed by atoms with Gasteiger partial charge in [-0.15, -0.1) is 0 Å². The fourth-order valence-electron chi connectivity index (χ4n) is 1.56. The Balaban J connectivity index is 1.90. The molecule has 0 aliphatic carbocycles. The van der Waals surface area contributed by atoms with E-state index in [1.54, 1.807) is 12.1 Å². The van der Waals surface area contributed by atoms with Crippen LogP contribution in [0.5, 0.6) is 11.5 Å². The Hall–Kier alpha value is -3.08. The van der Waals surface area contributed by atoms with Gasteiger partial charge < -0.3 is 10.2 Å². The summed E-state index contributed by atoms with van der Waals surface area (Å²) in [7, 11) is 0. The van der Waals surface area contributed by atoms with Gasteiger partial charge in [0.25, 0.3) is 5.91 Å². The number of rotatable bonds is 4. The second-order valence-electron chi connectivity index (χ2n) is 4.23. The Morgan fingerprint density at radius 3 is 2.48 bits per heavy atom. The molecule has 0 bridgehead atoms. The van der Waals surface area contributed by atoms with E-state index >= 15 is 0 Å². The molecule has 0 unspecified atom stereocenters. The first-order chi connectivity index (χ1) is 10.1. The van der Waals surface area contributed by atoms with Gasteiger partial charge in [0.2, 0.25) is 0 Å². The topological polar surface area (TPSA) is 81.9 Å². The van der Waals surface area contributed by atoms with Crippen molar-refractivity contribution in [2.75, 3.05) is 0 Å². The number of hydrogen-bond donors (Lipinski definition) is 3. The number of phenolic OH excluding ortho intramolecular Hbond substituents is 2. The van der Waals surface area contributed by atoms with Gasteiger partial charge in [0, 0.05) is 6.08 Å². The van der Waals surface area contributed by atoms with Gasteiger partial charge >= 0.3 is 0 Å². The zero-order valence-electron chi connectivity index (χ0n) is 11.1. The van der Waals surface area contributed by atoms with Crippen LogP contribution in [0.4, 0.5) is 0 Å². The maximum Gasteiger partial charge on any atom is 0.264 e. The summed E-state index contributed by atoms with van der Waals surface area (Å²) >= 11 is 0. The maximum absolute atomic E-state index is 11.5. The third-order valence-corrected chi connectivity index (χ3v) is 2.61. The van der Waals surface area contributed by atoms with E-state index in [-0.39, 0.29) is 17.4 Å². The summed E-state index contributed by atoms with van der Waals surface area (Å²) in [5, 5.41) is 22.2. The molecule has 21 heavy (non-hydrogen) atoms. The molecule has 0 radical (unpaired) electrons. The Morgan fingerprint density at radius 1 is 1.00 bits per heavy atom. The second-order valence-corrected chi connectivity index (χ2v) is 4.23. The van der Waals surface area contributed by atoms with E-state index in [0.717, 1.165) is 5.56 Å². The second kappa shape index (κ2) is 6.91. The molecule has 2 aromatic carbocycles. The van der Waals surface area contributed by atoms with Crippen LogP contribution in [0, 0.1) is 0 Å². The Labute approximate surface area is 121 Å². The summed E-state index contributed by atoms with van der Waals surface area (Å²) < 4.78 is 0. The molecule has 2 rings (SSSR count). The van der Waals surface area contributed by atoms with Crippen LogP contribution in [0.1, 0.15) is 11.1 Å². The summed E-state index contributed by atoms with van der Waals surface area (Å²) in [4.78, 5) is 11.5. The van der Waals surface area contributed by atoms with Crippen LogP contribution in [0.15, 0.2) is 59.7 Å². The van der Waals surface area contributed by atoms with Gasteiger partial charge in [-0.05, 0) is 35.4 Å². The summed E-state index contributed by atoms with van der Waals surface area (Å²) in [5.74, 6) is -0.811. The molecule has 0 spiro atoms. The normalized spacial score (nSPS) is 11.0. The van der Waals surface area contributed by atoms with Crippen molar-refractivity contribution < 1.29 is 15.0 Å². The third kappa shape index (κ3) is 4.50. The molecule has 1 amide bonds. The standard InChI is InChI=1S/C16H14N2O3/c19-14-8-6-13(10-15(14)20)11-17-18-16(21)9-7-12-4-2-1-3-5-12/h1-11,19-20H,(H,18,21)/b9-7+,17-11+. The molecule has 0 saturated heterocycles. The largest absolute Gasteiger partial charge is 0.504 e. The number of carbonyl (C=O) groups excluding carboxylic acids is 1. The minimum absolute atomic E-state index is 0.206. The fraction of sp³-hybridized carbons (Fsp3) is 0. The summed E-state index contributed by atoms with van der Waals surface area (Å²) in [6.07, 6.45) is 4.42. The van der Waals surface area contributed by atoms with Crippen LogP contribution >= 0.6 is 0 Å². The van der Waals surface area contributed by atoms with Gasteiger partial charge in [-0.1, -0.05) is 30.3 Å². The lowest BCUT2D eigenvalue weighted by Crippen LogP contribution is -2.14. The van der Waals surface area contributed by atoms with Crippen LogP contribution < -0.4 is 5.43 Å². The monoisotopic (exact) mass is 282 g/mol. The van der Waals surface area contributed by atoms with Gasteiger partial charge in [-0.2, -0.15) is 5.10 Å². The Bertz CT molecular complexity index is 679. The first kappa shape index (κ1) is 14.3. The summed E-state index contributed by atoms with van der Waals surface area (Å²) in [6, 6.07) is 13.7. The zero-order chi connectivity index (χ0) is 15.1. The highest BCUT2D eigenvalue weighted by atomic mass is 16.3. The van der Waals surface area contributed by atoms with Gasteiger partial charge in [-0.3, -0.25) is 4.79 Å². The van der Waals surface area contributed by atoms with Crippen molar-refractivity contribution in [3.05, 3.63) is 65.7 Å². The molecular weight excluding hydrogens is 268 g/mol. The van der Waals surface area contributed by atoms with Crippen molar-refractivity contribution in [3.8, 4) is 11.5 Å². The summed E-state index contributed by atoms with van der Waals surface area (Å²) in [6.45, 7) is 0. The van der Waals surface area contributed by atoms with E-state index in [0.29, 0.717) is 5.56 Å². The van der Waals surface area contributed by atoms with Crippen molar-refractivity contribution in [2.45, 2.75) is 0 Å². The van der Waals surface area contributed by atoms with E-state index in [1.807, 2.05) is 30.3 Å². The Kier molecular flexibility index (Phi) is 4.71. The van der Waals surface area contributed by atoms with Crippen LogP contribution in [-0.4, -0.2) is 22.3 Å². The highest BCUT2D eigenvalue weighted by Crippen LogP contribution is 2.23. The van der Waals surface area contributed by atoms with Crippen LogP contribution in [-0.2, 0) is 4.79 Å². The number of nitrogens with one attached hydrogen (secondary N) is 1. The molecule has 3 N–H and O–H groups in total. The van der Waals surface area contributed by atoms with Crippen molar-refractivity contribution >= 4 is 18.2 Å². The first-order valence-corrected chi connectivity index (χ1v) is 6.23. The molecular formula is C16H14N2O3. The summed E-state index contributed by atoms with van der Waals surface area (Å²) in [5.41, 5.74) is 3.81. The molecule has 0 fully saturated rings. The molecule has 0 heterocycles. The minimum atomic E-state index is -0.363. The third-order valence-electron chi connectivity index (χ3n) is 2.61. The number of amides is 1. The van der Waals surface area contributed by atoms with Gasteiger partial charge in [0.1, 0.15) is 0 Å². The van der Waals surface area contributed by atoms with Gasteiger partial charge in [-0.25, -0.2) is 5.43 Å². The number of aromatic hydroxyl groups is 2. The van der Waals surface area contributed by atoms with E-state index in [1.165, 1.54) is 24.4 Å². The zero-order valence-corrected chi connectivity index (χ0v) is 11.1. The molecule has 2 aromatic rings. The number of hydrogen-bond acceptors (Lipinski definition) is 4. The predicted octanol–water partition coefficient (Wildman–Crippen LogP) is 2.26. The molecule has 106 valence electrons. The minimum Gasteiger partial charge on any atom is -0.504 e. The van der Waals surface area contributed by atoms with E-state index < -0.39 is 0 Å².